The van der Waals surface area contributed by atoms with E-state index in [0.717, 1.165) is 12.8 Å². The number of hydrogen-bond acceptors (Lipinski definition) is 7. The number of carbonyl (C=O) groups is 1. The van der Waals surface area contributed by atoms with Gasteiger partial charge >= 0.3 is 0 Å². The molecule has 4 rings (SSSR count). The minimum atomic E-state index is -1.02. The molecule has 1 fully saturated rings. The SMILES string of the molecule is CC(C)(O)CC(=O)N1CCCC(Nc2ccnc(-c3cnc4ccc(C#N)cn34)n2)C1. The number of fused-ring (bicyclic) bond motifs is 1. The van der Waals surface area contributed by atoms with E-state index in [-0.39, 0.29) is 18.4 Å². The maximum absolute atomic E-state index is 12.5. The lowest BCUT2D eigenvalue weighted by Gasteiger charge is -2.34. The van der Waals surface area contributed by atoms with Crippen molar-refractivity contribution in [3.05, 3.63) is 42.4 Å². The molecule has 1 saturated heterocycles. The first-order valence-electron chi connectivity index (χ1n) is 10.3. The second-order valence-electron chi connectivity index (χ2n) is 8.48. The number of anilines is 1. The molecule has 9 nitrogen and oxygen atoms in total. The molecular weight excluding hydrogens is 394 g/mol. The van der Waals surface area contributed by atoms with Gasteiger partial charge in [0.1, 0.15) is 23.2 Å². The van der Waals surface area contributed by atoms with Crippen molar-refractivity contribution < 1.29 is 9.90 Å². The number of hydrogen-bond donors (Lipinski definition) is 2. The molecule has 1 unspecified atom stereocenters. The molecule has 4 heterocycles. The smallest absolute Gasteiger partial charge is 0.225 e. The van der Waals surface area contributed by atoms with E-state index in [4.69, 9.17) is 0 Å². The first-order valence-corrected chi connectivity index (χ1v) is 10.3. The number of carbonyl (C=O) groups excluding carboxylic acids is 1. The van der Waals surface area contributed by atoms with Gasteiger partial charge in [0.15, 0.2) is 5.82 Å². The molecule has 0 saturated carbocycles. The van der Waals surface area contributed by atoms with E-state index in [1.807, 2.05) is 0 Å². The number of rotatable bonds is 5. The number of aromatic nitrogens is 4. The van der Waals surface area contributed by atoms with E-state index in [9.17, 15) is 15.2 Å². The molecule has 0 spiro atoms. The van der Waals surface area contributed by atoms with Crippen molar-refractivity contribution in [1.82, 2.24) is 24.3 Å². The Bertz CT molecular complexity index is 1140. The van der Waals surface area contributed by atoms with Crippen molar-refractivity contribution in [3.63, 3.8) is 0 Å². The van der Waals surface area contributed by atoms with Crippen molar-refractivity contribution >= 4 is 17.4 Å². The molecule has 1 aliphatic heterocycles. The van der Waals surface area contributed by atoms with Crippen molar-refractivity contribution in [2.75, 3.05) is 18.4 Å². The van der Waals surface area contributed by atoms with Crippen LogP contribution < -0.4 is 5.32 Å². The average Bonchev–Trinajstić information content (AvgIpc) is 3.16. The zero-order valence-electron chi connectivity index (χ0n) is 17.6. The predicted molar refractivity (Wildman–Crippen MR) is 115 cm³/mol. The van der Waals surface area contributed by atoms with Gasteiger partial charge in [-0.3, -0.25) is 9.20 Å². The van der Waals surface area contributed by atoms with E-state index >= 15 is 0 Å². The van der Waals surface area contributed by atoms with E-state index < -0.39 is 5.60 Å². The summed E-state index contributed by atoms with van der Waals surface area (Å²) in [6.07, 6.45) is 7.00. The molecule has 0 radical (unpaired) electrons. The number of nitriles is 1. The molecule has 9 heteroatoms. The quantitative estimate of drug-likeness (QED) is 0.651. The summed E-state index contributed by atoms with van der Waals surface area (Å²) in [5.74, 6) is 1.12. The number of piperidine rings is 1. The second-order valence-corrected chi connectivity index (χ2v) is 8.48. The van der Waals surface area contributed by atoms with Gasteiger partial charge in [-0.1, -0.05) is 0 Å². The van der Waals surface area contributed by atoms with E-state index in [1.165, 1.54) is 0 Å². The molecule has 0 aromatic carbocycles. The largest absolute Gasteiger partial charge is 0.390 e. The third kappa shape index (κ3) is 4.81. The highest BCUT2D eigenvalue weighted by molar-refractivity contribution is 5.77. The van der Waals surface area contributed by atoms with Crippen molar-refractivity contribution in [3.8, 4) is 17.6 Å². The van der Waals surface area contributed by atoms with Crippen molar-refractivity contribution in [1.29, 1.82) is 5.26 Å². The minimum absolute atomic E-state index is 0.0404. The van der Waals surface area contributed by atoms with Crippen LogP contribution in [0.1, 0.15) is 38.7 Å². The standard InChI is InChI=1S/C22H25N7O2/c1-22(2,31)10-20(30)28-9-3-4-16(14-28)26-18-7-8-24-21(27-18)17-12-25-19-6-5-15(11-23)13-29(17)19/h5-8,12-13,16,31H,3-4,9-10,14H2,1-2H3,(H,24,26,27). The lowest BCUT2D eigenvalue weighted by molar-refractivity contribution is -0.136. The van der Waals surface area contributed by atoms with Crippen LogP contribution in [0.3, 0.4) is 0 Å². The zero-order valence-corrected chi connectivity index (χ0v) is 17.6. The molecule has 160 valence electrons. The number of imidazole rings is 1. The van der Waals surface area contributed by atoms with Crippen LogP contribution in [0.5, 0.6) is 0 Å². The molecule has 2 N–H and O–H groups in total. The van der Waals surface area contributed by atoms with Crippen LogP contribution >= 0.6 is 0 Å². The summed E-state index contributed by atoms with van der Waals surface area (Å²) in [6, 6.07) is 7.50. The summed E-state index contributed by atoms with van der Waals surface area (Å²) in [5, 5.41) is 22.5. The Balaban J connectivity index is 1.51. The number of nitrogens with one attached hydrogen (secondary N) is 1. The zero-order chi connectivity index (χ0) is 22.0. The van der Waals surface area contributed by atoms with Gasteiger partial charge in [0, 0.05) is 31.5 Å². The van der Waals surface area contributed by atoms with Crippen LogP contribution in [0.15, 0.2) is 36.8 Å². The summed E-state index contributed by atoms with van der Waals surface area (Å²) in [6.45, 7) is 4.56. The Morgan fingerprint density at radius 2 is 2.19 bits per heavy atom. The van der Waals surface area contributed by atoms with Gasteiger partial charge in [0.05, 0.1) is 23.8 Å². The molecule has 3 aromatic rings. The second kappa shape index (κ2) is 8.32. The van der Waals surface area contributed by atoms with Gasteiger partial charge in [-0.25, -0.2) is 15.0 Å². The lowest BCUT2D eigenvalue weighted by atomic mass is 10.0. The van der Waals surface area contributed by atoms with Crippen LogP contribution in [-0.4, -0.2) is 60.0 Å². The van der Waals surface area contributed by atoms with Gasteiger partial charge in [-0.15, -0.1) is 0 Å². The molecule has 31 heavy (non-hydrogen) atoms. The molecule has 1 aliphatic rings. The summed E-state index contributed by atoms with van der Waals surface area (Å²) in [5.41, 5.74) is 0.919. The molecule has 1 amide bonds. The Morgan fingerprint density at radius 1 is 1.35 bits per heavy atom. The first-order chi connectivity index (χ1) is 14.8. The minimum Gasteiger partial charge on any atom is -0.390 e. The predicted octanol–water partition coefficient (Wildman–Crippen LogP) is 2.23. The average molecular weight is 419 g/mol. The van der Waals surface area contributed by atoms with Gasteiger partial charge in [-0.2, -0.15) is 5.26 Å². The number of amides is 1. The van der Waals surface area contributed by atoms with Crippen LogP contribution in [0, 0.1) is 11.3 Å². The highest BCUT2D eigenvalue weighted by atomic mass is 16.3. The maximum atomic E-state index is 12.5. The third-order valence-electron chi connectivity index (χ3n) is 5.23. The van der Waals surface area contributed by atoms with Crippen LogP contribution in [-0.2, 0) is 4.79 Å². The summed E-state index contributed by atoms with van der Waals surface area (Å²) < 4.78 is 1.80. The highest BCUT2D eigenvalue weighted by Gasteiger charge is 2.27. The highest BCUT2D eigenvalue weighted by Crippen LogP contribution is 2.21. The number of aliphatic hydroxyl groups is 1. The fourth-order valence-electron chi connectivity index (χ4n) is 3.79. The van der Waals surface area contributed by atoms with Gasteiger partial charge in [-0.05, 0) is 44.9 Å². The molecule has 1 atom stereocenters. The molecule has 0 bridgehead atoms. The van der Waals surface area contributed by atoms with E-state index in [1.54, 1.807) is 59.9 Å². The first kappa shape index (κ1) is 20.8. The van der Waals surface area contributed by atoms with Gasteiger partial charge in [0.2, 0.25) is 5.91 Å². The van der Waals surface area contributed by atoms with Crippen molar-refractivity contribution in [2.24, 2.45) is 0 Å². The Hall–Kier alpha value is -3.51. The Kier molecular flexibility index (Phi) is 5.57. The maximum Gasteiger partial charge on any atom is 0.225 e. The number of pyridine rings is 1. The Labute approximate surface area is 180 Å². The topological polar surface area (TPSA) is 119 Å². The summed E-state index contributed by atoms with van der Waals surface area (Å²) in [7, 11) is 0. The van der Waals surface area contributed by atoms with Crippen molar-refractivity contribution in [2.45, 2.75) is 44.8 Å². The molecule has 3 aromatic heterocycles. The van der Waals surface area contributed by atoms with Gasteiger partial charge < -0.3 is 15.3 Å². The molecule has 0 aliphatic carbocycles. The summed E-state index contributed by atoms with van der Waals surface area (Å²) in [4.78, 5) is 27.7. The Morgan fingerprint density at radius 3 is 2.97 bits per heavy atom. The van der Waals surface area contributed by atoms with E-state index in [2.05, 4.69) is 26.3 Å². The van der Waals surface area contributed by atoms with Crippen LogP contribution in [0.4, 0.5) is 5.82 Å². The van der Waals surface area contributed by atoms with Crippen LogP contribution in [0.25, 0.3) is 17.2 Å². The molecular formula is C22H25N7O2. The van der Waals surface area contributed by atoms with E-state index in [0.29, 0.717) is 41.6 Å². The monoisotopic (exact) mass is 419 g/mol. The number of likely N-dealkylation sites (tertiary alicyclic amines) is 1. The normalized spacial score (nSPS) is 16.8. The fraction of sp³-hybridized carbons (Fsp3) is 0.409. The van der Waals surface area contributed by atoms with Gasteiger partial charge in [0.25, 0.3) is 0 Å². The third-order valence-corrected chi connectivity index (χ3v) is 5.23. The number of nitrogens with zero attached hydrogens (tertiary/aromatic N) is 6. The van der Waals surface area contributed by atoms with Crippen LogP contribution in [0.2, 0.25) is 0 Å². The summed E-state index contributed by atoms with van der Waals surface area (Å²) >= 11 is 0. The lowest BCUT2D eigenvalue weighted by Crippen LogP contribution is -2.46. The fourth-order valence-corrected chi connectivity index (χ4v) is 3.79.